The smallest absolute Gasteiger partial charge is 0.336 e. The van der Waals surface area contributed by atoms with Crippen molar-refractivity contribution in [2.45, 2.75) is 33.6 Å². The fourth-order valence-electron chi connectivity index (χ4n) is 2.12. The lowest BCUT2D eigenvalue weighted by molar-refractivity contribution is -0.385. The van der Waals surface area contributed by atoms with Crippen LogP contribution in [0, 0.1) is 17.0 Å². The van der Waals surface area contributed by atoms with E-state index in [0.29, 0.717) is 17.8 Å². The molecule has 0 bridgehead atoms. The van der Waals surface area contributed by atoms with Gasteiger partial charge >= 0.3 is 5.97 Å². The molecule has 0 radical (unpaired) electrons. The molecule has 0 amide bonds. The molecule has 0 atom stereocenters. The maximum absolute atomic E-state index is 11.1. The molecule has 1 N–H and O–H groups in total. The van der Waals surface area contributed by atoms with E-state index in [1.54, 1.807) is 6.92 Å². The molecule has 20 heavy (non-hydrogen) atoms. The lowest BCUT2D eigenvalue weighted by atomic mass is 10.1. The van der Waals surface area contributed by atoms with Crippen molar-refractivity contribution >= 4 is 17.3 Å². The highest BCUT2D eigenvalue weighted by Crippen LogP contribution is 2.30. The van der Waals surface area contributed by atoms with Crippen LogP contribution in [-0.2, 0) is 0 Å². The summed E-state index contributed by atoms with van der Waals surface area (Å²) in [7, 11) is 0. The third kappa shape index (κ3) is 3.46. The number of benzene rings is 1. The lowest BCUT2D eigenvalue weighted by Gasteiger charge is -2.25. The SMILES string of the molecule is CCCCN(CC)c1cc(C(=O)O)cc([N+](=O)[O-])c1C. The standard InChI is InChI=1S/C14H20N2O4/c1-4-6-7-15(5-2)12-8-11(14(17)18)9-13(10(12)3)16(19)20/h8-9H,4-7H2,1-3H3,(H,17,18). The van der Waals surface area contributed by atoms with E-state index in [-0.39, 0.29) is 11.3 Å². The molecular formula is C14H20N2O4. The van der Waals surface area contributed by atoms with Gasteiger partial charge in [-0.3, -0.25) is 10.1 Å². The van der Waals surface area contributed by atoms with Crippen molar-refractivity contribution in [1.82, 2.24) is 0 Å². The Morgan fingerprint density at radius 1 is 1.40 bits per heavy atom. The summed E-state index contributed by atoms with van der Waals surface area (Å²) in [5.74, 6) is -1.15. The van der Waals surface area contributed by atoms with Crippen molar-refractivity contribution < 1.29 is 14.8 Å². The molecule has 110 valence electrons. The fraction of sp³-hybridized carbons (Fsp3) is 0.500. The van der Waals surface area contributed by atoms with Gasteiger partial charge in [0.05, 0.1) is 16.1 Å². The minimum atomic E-state index is -1.15. The van der Waals surface area contributed by atoms with Gasteiger partial charge in [0.2, 0.25) is 0 Å². The Balaban J connectivity index is 3.35. The Kier molecular flexibility index (Phi) is 5.49. The number of aromatic carboxylic acids is 1. The topological polar surface area (TPSA) is 83.7 Å². The van der Waals surface area contributed by atoms with Gasteiger partial charge < -0.3 is 10.0 Å². The van der Waals surface area contributed by atoms with E-state index >= 15 is 0 Å². The largest absolute Gasteiger partial charge is 0.478 e. The first-order valence-electron chi connectivity index (χ1n) is 6.69. The number of hydrogen-bond acceptors (Lipinski definition) is 4. The van der Waals surface area contributed by atoms with E-state index in [0.717, 1.165) is 25.5 Å². The molecule has 0 aliphatic carbocycles. The van der Waals surface area contributed by atoms with Crippen LogP contribution in [-0.4, -0.2) is 29.1 Å². The number of hydrogen-bond donors (Lipinski definition) is 1. The second kappa shape index (κ2) is 6.88. The van der Waals surface area contributed by atoms with E-state index in [2.05, 4.69) is 6.92 Å². The van der Waals surface area contributed by atoms with Crippen molar-refractivity contribution in [3.05, 3.63) is 33.4 Å². The van der Waals surface area contributed by atoms with Gasteiger partial charge in [-0.05, 0) is 26.3 Å². The number of rotatable bonds is 7. The minimum Gasteiger partial charge on any atom is -0.478 e. The van der Waals surface area contributed by atoms with Gasteiger partial charge in [0.1, 0.15) is 0 Å². The maximum atomic E-state index is 11.1. The zero-order valence-corrected chi connectivity index (χ0v) is 12.0. The van der Waals surface area contributed by atoms with E-state index in [1.807, 2.05) is 11.8 Å². The normalized spacial score (nSPS) is 10.3. The van der Waals surface area contributed by atoms with Crippen molar-refractivity contribution in [2.75, 3.05) is 18.0 Å². The summed E-state index contributed by atoms with van der Waals surface area (Å²) in [5.41, 5.74) is 0.951. The number of nitrogens with zero attached hydrogens (tertiary/aromatic N) is 2. The monoisotopic (exact) mass is 280 g/mol. The molecule has 1 aromatic rings. The summed E-state index contributed by atoms with van der Waals surface area (Å²) < 4.78 is 0. The number of unbranched alkanes of at least 4 members (excludes halogenated alkanes) is 1. The van der Waals surface area contributed by atoms with Gasteiger partial charge in [-0.15, -0.1) is 0 Å². The molecule has 0 fully saturated rings. The molecule has 0 aliphatic heterocycles. The number of anilines is 1. The van der Waals surface area contributed by atoms with Crippen LogP contribution in [0.2, 0.25) is 0 Å². The zero-order valence-electron chi connectivity index (χ0n) is 12.0. The predicted molar refractivity (Wildman–Crippen MR) is 77.6 cm³/mol. The van der Waals surface area contributed by atoms with E-state index in [9.17, 15) is 14.9 Å². The average molecular weight is 280 g/mol. The van der Waals surface area contributed by atoms with Crippen LogP contribution in [0.1, 0.15) is 42.6 Å². The van der Waals surface area contributed by atoms with E-state index < -0.39 is 10.9 Å². The maximum Gasteiger partial charge on any atom is 0.336 e. The fourth-order valence-corrected chi connectivity index (χ4v) is 2.12. The highest BCUT2D eigenvalue weighted by molar-refractivity contribution is 5.90. The summed E-state index contributed by atoms with van der Waals surface area (Å²) in [6, 6.07) is 2.64. The van der Waals surface area contributed by atoms with Crippen molar-refractivity contribution in [2.24, 2.45) is 0 Å². The molecular weight excluding hydrogens is 260 g/mol. The summed E-state index contributed by atoms with van der Waals surface area (Å²) in [4.78, 5) is 23.6. The summed E-state index contributed by atoms with van der Waals surface area (Å²) in [6.45, 7) is 7.12. The Hall–Kier alpha value is -2.11. The molecule has 6 heteroatoms. The molecule has 0 saturated heterocycles. The number of carboxylic acid groups (broad SMARTS) is 1. The predicted octanol–water partition coefficient (Wildman–Crippen LogP) is 3.23. The number of carboxylic acids is 1. The molecule has 0 unspecified atom stereocenters. The first-order chi connectivity index (χ1) is 9.42. The Bertz CT molecular complexity index is 514. The number of carbonyl (C=O) groups is 1. The second-order valence-electron chi connectivity index (χ2n) is 4.63. The van der Waals surface area contributed by atoms with Crippen LogP contribution in [0.25, 0.3) is 0 Å². The van der Waals surface area contributed by atoms with Gasteiger partial charge in [0.25, 0.3) is 5.69 Å². The third-order valence-corrected chi connectivity index (χ3v) is 3.30. The van der Waals surface area contributed by atoms with Gasteiger partial charge in [-0.2, -0.15) is 0 Å². The molecule has 0 spiro atoms. The zero-order chi connectivity index (χ0) is 15.3. The molecule has 6 nitrogen and oxygen atoms in total. The second-order valence-corrected chi connectivity index (χ2v) is 4.63. The highest BCUT2D eigenvalue weighted by atomic mass is 16.6. The highest BCUT2D eigenvalue weighted by Gasteiger charge is 2.21. The lowest BCUT2D eigenvalue weighted by Crippen LogP contribution is -2.25. The molecule has 0 aromatic heterocycles. The van der Waals surface area contributed by atoms with Crippen LogP contribution in [0.15, 0.2) is 12.1 Å². The Morgan fingerprint density at radius 2 is 2.05 bits per heavy atom. The molecule has 0 heterocycles. The first-order valence-corrected chi connectivity index (χ1v) is 6.69. The van der Waals surface area contributed by atoms with E-state index in [1.165, 1.54) is 6.07 Å². The molecule has 0 saturated carbocycles. The van der Waals surface area contributed by atoms with Gasteiger partial charge in [-0.25, -0.2) is 4.79 Å². The molecule has 0 aliphatic rings. The van der Waals surface area contributed by atoms with Crippen LogP contribution in [0.4, 0.5) is 11.4 Å². The summed E-state index contributed by atoms with van der Waals surface area (Å²) in [5, 5.41) is 20.2. The summed E-state index contributed by atoms with van der Waals surface area (Å²) in [6.07, 6.45) is 1.97. The molecule has 1 aromatic carbocycles. The van der Waals surface area contributed by atoms with Crippen LogP contribution in [0.5, 0.6) is 0 Å². The van der Waals surface area contributed by atoms with Gasteiger partial charge in [0.15, 0.2) is 0 Å². The Morgan fingerprint density at radius 3 is 2.50 bits per heavy atom. The summed E-state index contributed by atoms with van der Waals surface area (Å²) >= 11 is 0. The van der Waals surface area contributed by atoms with Crippen molar-refractivity contribution in [1.29, 1.82) is 0 Å². The van der Waals surface area contributed by atoms with E-state index in [4.69, 9.17) is 5.11 Å². The third-order valence-electron chi connectivity index (χ3n) is 3.30. The van der Waals surface area contributed by atoms with Crippen LogP contribution >= 0.6 is 0 Å². The Labute approximate surface area is 118 Å². The molecule has 1 rings (SSSR count). The first kappa shape index (κ1) is 15.9. The van der Waals surface area contributed by atoms with Crippen molar-refractivity contribution in [3.63, 3.8) is 0 Å². The number of nitro benzene ring substituents is 1. The van der Waals surface area contributed by atoms with Crippen LogP contribution < -0.4 is 4.90 Å². The van der Waals surface area contributed by atoms with Gasteiger partial charge in [-0.1, -0.05) is 13.3 Å². The number of nitro groups is 1. The minimum absolute atomic E-state index is 0.0488. The average Bonchev–Trinajstić information content (AvgIpc) is 2.40. The van der Waals surface area contributed by atoms with Gasteiger partial charge in [0, 0.05) is 24.8 Å². The van der Waals surface area contributed by atoms with Crippen molar-refractivity contribution in [3.8, 4) is 0 Å². The quantitative estimate of drug-likeness (QED) is 0.612. The van der Waals surface area contributed by atoms with Crippen LogP contribution in [0.3, 0.4) is 0 Å².